The van der Waals surface area contributed by atoms with Gasteiger partial charge in [-0.2, -0.15) is 0 Å². The van der Waals surface area contributed by atoms with E-state index >= 15 is 0 Å². The summed E-state index contributed by atoms with van der Waals surface area (Å²) >= 11 is 6.26. The molecule has 0 amide bonds. The Morgan fingerprint density at radius 3 is 2.33 bits per heavy atom. The van der Waals surface area contributed by atoms with Gasteiger partial charge in [0, 0.05) is 11.6 Å². The highest BCUT2D eigenvalue weighted by Crippen LogP contribution is 2.29. The van der Waals surface area contributed by atoms with Gasteiger partial charge in [-0.1, -0.05) is 59.6 Å². The van der Waals surface area contributed by atoms with Gasteiger partial charge in [0.05, 0.1) is 0 Å². The van der Waals surface area contributed by atoms with Crippen molar-refractivity contribution < 1.29 is 0 Å². The fourth-order valence-corrected chi connectivity index (χ4v) is 3.33. The zero-order valence-electron chi connectivity index (χ0n) is 12.6. The molecule has 1 nitrogen and oxygen atoms in total. The number of aryl methyl sites for hydroxylation is 1. The zero-order chi connectivity index (χ0) is 14.7. The van der Waals surface area contributed by atoms with Crippen molar-refractivity contribution in [2.45, 2.75) is 32.2 Å². The third kappa shape index (κ3) is 3.66. The number of hydrogen-bond acceptors (Lipinski definition) is 1. The van der Waals surface area contributed by atoms with Gasteiger partial charge in [0.15, 0.2) is 0 Å². The summed E-state index contributed by atoms with van der Waals surface area (Å²) in [5, 5.41) is 0.887. The van der Waals surface area contributed by atoms with Crippen LogP contribution in [0.3, 0.4) is 0 Å². The number of nitrogens with zero attached hydrogens (tertiary/aromatic N) is 1. The maximum Gasteiger partial charge on any atom is 0.0451 e. The van der Waals surface area contributed by atoms with Gasteiger partial charge in [0.1, 0.15) is 0 Å². The molecule has 0 unspecified atom stereocenters. The fourth-order valence-electron chi connectivity index (χ4n) is 3.13. The molecule has 0 aromatic heterocycles. The monoisotopic (exact) mass is 299 g/mol. The van der Waals surface area contributed by atoms with Crippen LogP contribution in [0.15, 0.2) is 48.5 Å². The van der Waals surface area contributed by atoms with Crippen LogP contribution in [-0.4, -0.2) is 18.0 Å². The molecule has 1 heterocycles. The number of piperidine rings is 1. The highest BCUT2D eigenvalue weighted by Gasteiger charge is 2.20. The predicted molar refractivity (Wildman–Crippen MR) is 89.9 cm³/mol. The standard InChI is InChI=1S/C19H22ClN/c1-15-6-8-16(9-7-15)17-10-12-21(13-11-17)14-18-4-2-3-5-19(18)20/h2-9,17H,10-14H2,1H3. The summed E-state index contributed by atoms with van der Waals surface area (Å²) in [5.41, 5.74) is 4.08. The van der Waals surface area contributed by atoms with E-state index < -0.39 is 0 Å². The number of likely N-dealkylation sites (tertiary alicyclic amines) is 1. The third-order valence-electron chi connectivity index (χ3n) is 4.49. The van der Waals surface area contributed by atoms with Gasteiger partial charge >= 0.3 is 0 Å². The molecule has 21 heavy (non-hydrogen) atoms. The zero-order valence-corrected chi connectivity index (χ0v) is 13.3. The Hall–Kier alpha value is -1.31. The Morgan fingerprint density at radius 2 is 1.67 bits per heavy atom. The van der Waals surface area contributed by atoms with Gasteiger partial charge < -0.3 is 0 Å². The smallest absolute Gasteiger partial charge is 0.0451 e. The molecule has 2 aromatic carbocycles. The summed E-state index contributed by atoms with van der Waals surface area (Å²) in [7, 11) is 0. The Labute approximate surface area is 132 Å². The van der Waals surface area contributed by atoms with Crippen LogP contribution < -0.4 is 0 Å². The van der Waals surface area contributed by atoms with Crippen LogP contribution in [0.1, 0.15) is 35.4 Å². The molecule has 0 N–H and O–H groups in total. The lowest BCUT2D eigenvalue weighted by molar-refractivity contribution is 0.204. The molecule has 0 bridgehead atoms. The minimum Gasteiger partial charge on any atom is -0.299 e. The highest BCUT2D eigenvalue weighted by molar-refractivity contribution is 6.31. The Bertz CT molecular complexity index is 583. The minimum absolute atomic E-state index is 0.716. The lowest BCUT2D eigenvalue weighted by atomic mass is 9.89. The molecule has 1 aliphatic heterocycles. The molecule has 0 radical (unpaired) electrons. The summed E-state index contributed by atoms with van der Waals surface area (Å²) in [6.07, 6.45) is 2.49. The average molecular weight is 300 g/mol. The maximum absolute atomic E-state index is 6.26. The van der Waals surface area contributed by atoms with Gasteiger partial charge in [-0.25, -0.2) is 0 Å². The minimum atomic E-state index is 0.716. The quantitative estimate of drug-likeness (QED) is 0.768. The second kappa shape index (κ2) is 6.64. The molecular weight excluding hydrogens is 278 g/mol. The van der Waals surface area contributed by atoms with E-state index in [0.717, 1.165) is 24.7 Å². The van der Waals surface area contributed by atoms with Crippen molar-refractivity contribution in [2.24, 2.45) is 0 Å². The highest BCUT2D eigenvalue weighted by atomic mass is 35.5. The van der Waals surface area contributed by atoms with E-state index in [1.807, 2.05) is 12.1 Å². The maximum atomic E-state index is 6.26. The molecule has 3 rings (SSSR count). The Kier molecular flexibility index (Phi) is 4.62. The summed E-state index contributed by atoms with van der Waals surface area (Å²) in [5.74, 6) is 0.716. The molecule has 1 aliphatic rings. The van der Waals surface area contributed by atoms with E-state index in [-0.39, 0.29) is 0 Å². The van der Waals surface area contributed by atoms with Crippen LogP contribution in [0.5, 0.6) is 0 Å². The van der Waals surface area contributed by atoms with Crippen LogP contribution >= 0.6 is 11.6 Å². The van der Waals surface area contributed by atoms with Crippen LogP contribution in [-0.2, 0) is 6.54 Å². The van der Waals surface area contributed by atoms with Gasteiger partial charge in [0.25, 0.3) is 0 Å². The Morgan fingerprint density at radius 1 is 1.00 bits per heavy atom. The van der Waals surface area contributed by atoms with Crippen molar-refractivity contribution in [1.82, 2.24) is 4.90 Å². The van der Waals surface area contributed by atoms with Crippen molar-refractivity contribution >= 4 is 11.6 Å². The van der Waals surface area contributed by atoms with Crippen molar-refractivity contribution in [3.8, 4) is 0 Å². The first-order valence-electron chi connectivity index (χ1n) is 7.75. The molecule has 2 heteroatoms. The molecule has 1 saturated heterocycles. The number of benzene rings is 2. The molecule has 1 fully saturated rings. The summed E-state index contributed by atoms with van der Waals surface area (Å²) in [6, 6.07) is 17.2. The SMILES string of the molecule is Cc1ccc(C2CCN(Cc3ccccc3Cl)CC2)cc1. The van der Waals surface area contributed by atoms with Crippen LogP contribution in [0.25, 0.3) is 0 Å². The van der Waals surface area contributed by atoms with E-state index in [1.165, 1.54) is 29.5 Å². The van der Waals surface area contributed by atoms with Crippen molar-refractivity contribution in [1.29, 1.82) is 0 Å². The molecule has 0 saturated carbocycles. The summed E-state index contributed by atoms with van der Waals surface area (Å²) in [4.78, 5) is 2.52. The molecule has 2 aromatic rings. The van der Waals surface area contributed by atoms with E-state index in [4.69, 9.17) is 11.6 Å². The van der Waals surface area contributed by atoms with E-state index in [2.05, 4.69) is 48.2 Å². The second-order valence-electron chi connectivity index (χ2n) is 6.05. The van der Waals surface area contributed by atoms with Crippen LogP contribution in [0.2, 0.25) is 5.02 Å². The Balaban J connectivity index is 1.58. The molecule has 0 spiro atoms. The van der Waals surface area contributed by atoms with Crippen molar-refractivity contribution in [2.75, 3.05) is 13.1 Å². The first-order valence-corrected chi connectivity index (χ1v) is 8.12. The van der Waals surface area contributed by atoms with Crippen molar-refractivity contribution in [3.05, 3.63) is 70.2 Å². The largest absolute Gasteiger partial charge is 0.299 e. The van der Waals surface area contributed by atoms with Gasteiger partial charge in [-0.15, -0.1) is 0 Å². The predicted octanol–water partition coefficient (Wildman–Crippen LogP) is 5.03. The molecule has 0 aliphatic carbocycles. The lowest BCUT2D eigenvalue weighted by Gasteiger charge is -2.32. The van der Waals surface area contributed by atoms with Crippen LogP contribution in [0.4, 0.5) is 0 Å². The topological polar surface area (TPSA) is 3.24 Å². The third-order valence-corrected chi connectivity index (χ3v) is 4.86. The normalized spacial score (nSPS) is 17.0. The summed E-state index contributed by atoms with van der Waals surface area (Å²) < 4.78 is 0. The average Bonchev–Trinajstić information content (AvgIpc) is 2.51. The van der Waals surface area contributed by atoms with Gasteiger partial charge in [-0.3, -0.25) is 4.90 Å². The first kappa shape index (κ1) is 14.6. The molecule has 0 atom stereocenters. The second-order valence-corrected chi connectivity index (χ2v) is 6.46. The molecule has 110 valence electrons. The van der Waals surface area contributed by atoms with Gasteiger partial charge in [-0.05, 0) is 56.0 Å². The van der Waals surface area contributed by atoms with Crippen LogP contribution in [0, 0.1) is 6.92 Å². The lowest BCUT2D eigenvalue weighted by Crippen LogP contribution is -2.32. The van der Waals surface area contributed by atoms with E-state index in [0.29, 0.717) is 5.92 Å². The number of halogens is 1. The van der Waals surface area contributed by atoms with Gasteiger partial charge in [0.2, 0.25) is 0 Å². The fraction of sp³-hybridized carbons (Fsp3) is 0.368. The van der Waals surface area contributed by atoms with Crippen molar-refractivity contribution in [3.63, 3.8) is 0 Å². The summed E-state index contributed by atoms with van der Waals surface area (Å²) in [6.45, 7) is 5.43. The van der Waals surface area contributed by atoms with E-state index in [1.54, 1.807) is 0 Å². The van der Waals surface area contributed by atoms with E-state index in [9.17, 15) is 0 Å². The first-order chi connectivity index (χ1) is 10.2. The number of rotatable bonds is 3. The molecular formula is C19H22ClN. The number of hydrogen-bond donors (Lipinski definition) is 0.